The number of nitrogens with one attached hydrogen (secondary N) is 2. The van der Waals surface area contributed by atoms with Gasteiger partial charge < -0.3 is 16.4 Å². The van der Waals surface area contributed by atoms with Crippen molar-refractivity contribution in [2.75, 3.05) is 13.6 Å². The molecule has 5 heteroatoms. The van der Waals surface area contributed by atoms with Crippen molar-refractivity contribution < 1.29 is 9.59 Å². The molecular weight excluding hydrogens is 254 g/mol. The fourth-order valence-corrected chi connectivity index (χ4v) is 1.80. The quantitative estimate of drug-likeness (QED) is 0.732. The van der Waals surface area contributed by atoms with Crippen LogP contribution in [0.5, 0.6) is 0 Å². The van der Waals surface area contributed by atoms with E-state index in [4.69, 9.17) is 5.73 Å². The van der Waals surface area contributed by atoms with Crippen LogP contribution in [0.2, 0.25) is 0 Å². The first kappa shape index (κ1) is 16.2. The summed E-state index contributed by atoms with van der Waals surface area (Å²) in [5, 5.41) is 5.36. The number of rotatable bonds is 6. The number of nitrogens with two attached hydrogens (primary N) is 1. The van der Waals surface area contributed by atoms with Crippen LogP contribution in [0.25, 0.3) is 0 Å². The second-order valence-electron chi connectivity index (χ2n) is 4.91. The Labute approximate surface area is 119 Å². The van der Waals surface area contributed by atoms with Crippen molar-refractivity contribution in [1.82, 2.24) is 10.6 Å². The van der Waals surface area contributed by atoms with E-state index in [1.54, 1.807) is 31.3 Å². The SMILES string of the molecule is CCC(N)(CC)CNC(=O)c1cccc(C(=O)NC)c1. The third-order valence-electron chi connectivity index (χ3n) is 3.62. The van der Waals surface area contributed by atoms with Crippen molar-refractivity contribution in [2.45, 2.75) is 32.2 Å². The molecule has 0 aliphatic heterocycles. The van der Waals surface area contributed by atoms with Crippen LogP contribution in [0.3, 0.4) is 0 Å². The minimum Gasteiger partial charge on any atom is -0.355 e. The molecule has 2 amide bonds. The second-order valence-corrected chi connectivity index (χ2v) is 4.91. The van der Waals surface area contributed by atoms with Crippen molar-refractivity contribution in [3.05, 3.63) is 35.4 Å². The average molecular weight is 277 g/mol. The van der Waals surface area contributed by atoms with Crippen molar-refractivity contribution in [3.63, 3.8) is 0 Å². The summed E-state index contributed by atoms with van der Waals surface area (Å²) in [4.78, 5) is 23.6. The Morgan fingerprint density at radius 2 is 1.70 bits per heavy atom. The van der Waals surface area contributed by atoms with E-state index in [9.17, 15) is 9.59 Å². The van der Waals surface area contributed by atoms with Gasteiger partial charge in [-0.05, 0) is 31.0 Å². The lowest BCUT2D eigenvalue weighted by Crippen LogP contribution is -2.49. The van der Waals surface area contributed by atoms with Crippen LogP contribution >= 0.6 is 0 Å². The van der Waals surface area contributed by atoms with Crippen molar-refractivity contribution >= 4 is 11.8 Å². The van der Waals surface area contributed by atoms with Crippen LogP contribution in [0.1, 0.15) is 47.4 Å². The van der Waals surface area contributed by atoms with Crippen molar-refractivity contribution in [1.29, 1.82) is 0 Å². The second kappa shape index (κ2) is 7.05. The summed E-state index contributed by atoms with van der Waals surface area (Å²) in [6.45, 7) is 4.42. The predicted octanol–water partition coefficient (Wildman–Crippen LogP) is 1.29. The van der Waals surface area contributed by atoms with Gasteiger partial charge in [0.1, 0.15) is 0 Å². The zero-order valence-corrected chi connectivity index (χ0v) is 12.3. The average Bonchev–Trinajstić information content (AvgIpc) is 2.51. The van der Waals surface area contributed by atoms with E-state index in [1.165, 1.54) is 0 Å². The summed E-state index contributed by atoms with van der Waals surface area (Å²) in [6.07, 6.45) is 1.59. The van der Waals surface area contributed by atoms with E-state index in [1.807, 2.05) is 13.8 Å². The summed E-state index contributed by atoms with van der Waals surface area (Å²) in [7, 11) is 1.56. The highest BCUT2D eigenvalue weighted by atomic mass is 16.2. The van der Waals surface area contributed by atoms with E-state index < -0.39 is 0 Å². The van der Waals surface area contributed by atoms with Gasteiger partial charge in [-0.1, -0.05) is 19.9 Å². The van der Waals surface area contributed by atoms with E-state index in [-0.39, 0.29) is 17.4 Å². The normalized spacial score (nSPS) is 11.0. The van der Waals surface area contributed by atoms with Gasteiger partial charge in [0.25, 0.3) is 11.8 Å². The van der Waals surface area contributed by atoms with Crippen molar-refractivity contribution in [3.8, 4) is 0 Å². The number of amides is 2. The molecule has 1 rings (SSSR count). The van der Waals surface area contributed by atoms with E-state index >= 15 is 0 Å². The molecule has 0 aromatic heterocycles. The Kier molecular flexibility index (Phi) is 5.70. The maximum atomic E-state index is 12.1. The highest BCUT2D eigenvalue weighted by Gasteiger charge is 2.21. The number of hydrogen-bond donors (Lipinski definition) is 3. The van der Waals surface area contributed by atoms with Gasteiger partial charge in [0, 0.05) is 30.3 Å². The summed E-state index contributed by atoms with van der Waals surface area (Å²) in [6, 6.07) is 6.61. The molecule has 0 atom stereocenters. The van der Waals surface area contributed by atoms with Crippen LogP contribution in [0.4, 0.5) is 0 Å². The zero-order valence-electron chi connectivity index (χ0n) is 12.3. The van der Waals surface area contributed by atoms with Crippen LogP contribution in [-0.2, 0) is 0 Å². The van der Waals surface area contributed by atoms with Gasteiger partial charge in [0.05, 0.1) is 0 Å². The Bertz CT molecular complexity index is 482. The molecule has 0 saturated carbocycles. The minimum atomic E-state index is -0.381. The summed E-state index contributed by atoms with van der Waals surface area (Å²) < 4.78 is 0. The van der Waals surface area contributed by atoms with Crippen LogP contribution in [-0.4, -0.2) is 30.9 Å². The fraction of sp³-hybridized carbons (Fsp3) is 0.467. The smallest absolute Gasteiger partial charge is 0.251 e. The Morgan fingerprint density at radius 3 is 2.20 bits per heavy atom. The van der Waals surface area contributed by atoms with E-state index in [0.29, 0.717) is 17.7 Å². The Balaban J connectivity index is 2.76. The molecule has 0 aliphatic rings. The molecule has 0 heterocycles. The lowest BCUT2D eigenvalue weighted by Gasteiger charge is -2.26. The topological polar surface area (TPSA) is 84.2 Å². The van der Waals surface area contributed by atoms with Crippen LogP contribution in [0, 0.1) is 0 Å². The monoisotopic (exact) mass is 277 g/mol. The maximum Gasteiger partial charge on any atom is 0.251 e. The highest BCUT2D eigenvalue weighted by molar-refractivity contribution is 5.99. The molecule has 20 heavy (non-hydrogen) atoms. The van der Waals surface area contributed by atoms with Gasteiger partial charge in [-0.25, -0.2) is 0 Å². The minimum absolute atomic E-state index is 0.213. The maximum absolute atomic E-state index is 12.1. The van der Waals surface area contributed by atoms with Gasteiger partial charge in [-0.15, -0.1) is 0 Å². The summed E-state index contributed by atoms with van der Waals surface area (Å²) >= 11 is 0. The first-order valence-corrected chi connectivity index (χ1v) is 6.85. The van der Waals surface area contributed by atoms with Gasteiger partial charge in [-0.2, -0.15) is 0 Å². The van der Waals surface area contributed by atoms with Gasteiger partial charge in [-0.3, -0.25) is 9.59 Å². The third-order valence-corrected chi connectivity index (χ3v) is 3.62. The standard InChI is InChI=1S/C15H23N3O2/c1-4-15(16,5-2)10-18-14(20)12-8-6-7-11(9-12)13(19)17-3/h6-9H,4-5,10,16H2,1-3H3,(H,17,19)(H,18,20). The number of hydrogen-bond acceptors (Lipinski definition) is 3. The van der Waals surface area contributed by atoms with Crippen molar-refractivity contribution in [2.24, 2.45) is 5.73 Å². The molecule has 1 aromatic rings. The molecular formula is C15H23N3O2. The summed E-state index contributed by atoms with van der Waals surface area (Å²) in [5.41, 5.74) is 6.68. The lowest BCUT2D eigenvalue weighted by atomic mass is 9.94. The Morgan fingerprint density at radius 1 is 1.15 bits per heavy atom. The molecule has 0 aliphatic carbocycles. The van der Waals surface area contributed by atoms with Crippen LogP contribution < -0.4 is 16.4 Å². The Hall–Kier alpha value is -1.88. The zero-order chi connectivity index (χ0) is 15.2. The van der Waals surface area contributed by atoms with Crippen LogP contribution in [0.15, 0.2) is 24.3 Å². The van der Waals surface area contributed by atoms with Gasteiger partial charge in [0.2, 0.25) is 0 Å². The van der Waals surface area contributed by atoms with E-state index in [2.05, 4.69) is 10.6 Å². The molecule has 0 spiro atoms. The molecule has 1 aromatic carbocycles. The molecule has 0 unspecified atom stereocenters. The predicted molar refractivity (Wildman–Crippen MR) is 79.7 cm³/mol. The highest BCUT2D eigenvalue weighted by Crippen LogP contribution is 2.10. The molecule has 4 N–H and O–H groups in total. The summed E-state index contributed by atoms with van der Waals surface area (Å²) in [5.74, 6) is -0.428. The van der Waals surface area contributed by atoms with E-state index in [0.717, 1.165) is 12.8 Å². The molecule has 5 nitrogen and oxygen atoms in total. The van der Waals surface area contributed by atoms with Gasteiger partial charge >= 0.3 is 0 Å². The third kappa shape index (κ3) is 4.06. The lowest BCUT2D eigenvalue weighted by molar-refractivity contribution is 0.0942. The fourth-order valence-electron chi connectivity index (χ4n) is 1.80. The molecule has 0 bridgehead atoms. The van der Waals surface area contributed by atoms with Gasteiger partial charge in [0.15, 0.2) is 0 Å². The first-order valence-electron chi connectivity index (χ1n) is 6.85. The number of carbonyl (C=O) groups excluding carboxylic acids is 2. The first-order chi connectivity index (χ1) is 9.45. The molecule has 0 fully saturated rings. The largest absolute Gasteiger partial charge is 0.355 e. The molecule has 110 valence electrons. The number of carbonyl (C=O) groups is 2. The molecule has 0 saturated heterocycles. The number of benzene rings is 1. The molecule has 0 radical (unpaired) electrons.